The monoisotopic (exact) mass is 414 g/mol. The molecule has 0 radical (unpaired) electrons. The number of hydrogen-bond acceptors (Lipinski definition) is 4. The van der Waals surface area contributed by atoms with Crippen LogP contribution in [0.15, 0.2) is 53.4 Å². The van der Waals surface area contributed by atoms with E-state index < -0.39 is 10.0 Å². The number of carbonyl (C=O) groups excluding carboxylic acids is 1. The molecule has 6 nitrogen and oxygen atoms in total. The molecule has 0 spiro atoms. The fourth-order valence-electron chi connectivity index (χ4n) is 3.64. The van der Waals surface area contributed by atoms with Gasteiger partial charge in [0, 0.05) is 19.0 Å². The minimum absolute atomic E-state index is 0.0260. The number of rotatable bonds is 6. The van der Waals surface area contributed by atoms with Gasteiger partial charge < -0.3 is 10.1 Å². The van der Waals surface area contributed by atoms with Crippen LogP contribution in [-0.2, 0) is 14.8 Å². The Balaban J connectivity index is 1.65. The van der Waals surface area contributed by atoms with Crippen molar-refractivity contribution in [3.63, 3.8) is 0 Å². The van der Waals surface area contributed by atoms with Crippen molar-refractivity contribution in [2.75, 3.05) is 18.4 Å². The Morgan fingerprint density at radius 3 is 2.41 bits per heavy atom. The van der Waals surface area contributed by atoms with Crippen LogP contribution in [0.1, 0.15) is 32.6 Å². The number of nitrogens with one attached hydrogen (secondary N) is 1. The number of ether oxygens (including phenoxy) is 1. The second-order valence-electron chi connectivity index (χ2n) is 7.85. The summed E-state index contributed by atoms with van der Waals surface area (Å²) in [5, 5.41) is 2.89. The fraction of sp³-hybridized carbons (Fsp3) is 0.409. The number of amides is 1. The molecular formula is C22H26N2O4S. The van der Waals surface area contributed by atoms with Crippen LogP contribution in [0.25, 0.3) is 0 Å². The van der Waals surface area contributed by atoms with E-state index >= 15 is 0 Å². The van der Waals surface area contributed by atoms with E-state index in [1.165, 1.54) is 10.4 Å². The average Bonchev–Trinajstić information content (AvgIpc) is 3.47. The van der Waals surface area contributed by atoms with Gasteiger partial charge in [0.25, 0.3) is 0 Å². The second-order valence-corrected chi connectivity index (χ2v) is 9.78. The third-order valence-electron chi connectivity index (χ3n) is 5.58. The molecule has 2 aromatic rings. The molecule has 1 aliphatic carbocycles. The zero-order valence-electron chi connectivity index (χ0n) is 16.5. The van der Waals surface area contributed by atoms with E-state index in [-0.39, 0.29) is 16.7 Å². The van der Waals surface area contributed by atoms with Gasteiger partial charge in [-0.05, 0) is 55.5 Å². The van der Waals surface area contributed by atoms with E-state index in [0.717, 1.165) is 25.7 Å². The van der Waals surface area contributed by atoms with E-state index in [1.807, 2.05) is 37.3 Å². The molecule has 2 atom stereocenters. The molecule has 29 heavy (non-hydrogen) atoms. The number of nitrogens with zero attached hydrogens (tertiary/aromatic N) is 1. The quantitative estimate of drug-likeness (QED) is 0.767. The summed E-state index contributed by atoms with van der Waals surface area (Å²) in [5.41, 5.74) is 0.385. The molecule has 0 aromatic heterocycles. The number of hydrogen-bond donors (Lipinski definition) is 1. The third kappa shape index (κ3) is 4.46. The maximum Gasteiger partial charge on any atom is 0.243 e. The van der Waals surface area contributed by atoms with Gasteiger partial charge in [-0.2, -0.15) is 4.31 Å². The van der Waals surface area contributed by atoms with Crippen LogP contribution in [0.2, 0.25) is 0 Å². The summed E-state index contributed by atoms with van der Waals surface area (Å²) >= 11 is 0. The molecular weight excluding hydrogens is 388 g/mol. The molecule has 2 aliphatic rings. The average molecular weight is 415 g/mol. The number of piperidine rings is 1. The summed E-state index contributed by atoms with van der Waals surface area (Å²) in [6.45, 7) is 3.10. The molecule has 154 valence electrons. The standard InChI is InChI=1S/C22H26N2O4S/c1-16-14-19(16)22(25)23-20-15-18(29(26,27)24-12-6-3-7-13-24)10-11-21(20)28-17-8-4-2-5-9-17/h2,4-5,8-11,15-16,19H,3,6-7,12-14H2,1H3,(H,23,25). The first kappa shape index (κ1) is 19.9. The van der Waals surface area contributed by atoms with Crippen LogP contribution in [0.5, 0.6) is 11.5 Å². The summed E-state index contributed by atoms with van der Waals surface area (Å²) in [7, 11) is -3.60. The van der Waals surface area contributed by atoms with Crippen molar-refractivity contribution in [3.8, 4) is 11.5 Å². The molecule has 2 fully saturated rings. The highest BCUT2D eigenvalue weighted by molar-refractivity contribution is 7.89. The fourth-order valence-corrected chi connectivity index (χ4v) is 5.18. The van der Waals surface area contributed by atoms with Gasteiger partial charge in [-0.1, -0.05) is 31.5 Å². The smallest absolute Gasteiger partial charge is 0.243 e. The summed E-state index contributed by atoms with van der Waals surface area (Å²) in [5.74, 6) is 1.28. The van der Waals surface area contributed by atoms with Gasteiger partial charge in [-0.3, -0.25) is 4.79 Å². The summed E-state index contributed by atoms with van der Waals surface area (Å²) in [6.07, 6.45) is 3.65. The van der Waals surface area contributed by atoms with Gasteiger partial charge in [0.05, 0.1) is 10.6 Å². The normalized spacial score (nSPS) is 22.1. The molecule has 1 amide bonds. The highest BCUT2D eigenvalue weighted by atomic mass is 32.2. The zero-order valence-corrected chi connectivity index (χ0v) is 17.3. The van der Waals surface area contributed by atoms with Crippen molar-refractivity contribution in [2.24, 2.45) is 11.8 Å². The van der Waals surface area contributed by atoms with E-state index in [4.69, 9.17) is 4.74 Å². The first-order chi connectivity index (χ1) is 13.9. The van der Waals surface area contributed by atoms with Crippen LogP contribution in [0.4, 0.5) is 5.69 Å². The van der Waals surface area contributed by atoms with Crippen molar-refractivity contribution >= 4 is 21.6 Å². The van der Waals surface area contributed by atoms with Crippen molar-refractivity contribution in [1.82, 2.24) is 4.31 Å². The zero-order chi connectivity index (χ0) is 20.4. The number of anilines is 1. The SMILES string of the molecule is CC1CC1C(=O)Nc1cc(S(=O)(=O)N2CCCCC2)ccc1Oc1ccccc1. The predicted octanol–water partition coefficient (Wildman–Crippen LogP) is 4.25. The van der Waals surface area contributed by atoms with E-state index in [0.29, 0.717) is 36.2 Å². The largest absolute Gasteiger partial charge is 0.455 e. The highest BCUT2D eigenvalue weighted by Crippen LogP contribution is 2.40. The molecule has 1 N–H and O–H groups in total. The maximum atomic E-state index is 13.1. The molecule has 1 saturated heterocycles. The second kappa shape index (κ2) is 8.16. The first-order valence-corrected chi connectivity index (χ1v) is 11.6. The van der Waals surface area contributed by atoms with Crippen LogP contribution >= 0.6 is 0 Å². The number of para-hydroxylation sites is 1. The molecule has 0 bridgehead atoms. The van der Waals surface area contributed by atoms with Crippen LogP contribution in [0.3, 0.4) is 0 Å². The van der Waals surface area contributed by atoms with Crippen LogP contribution in [0, 0.1) is 11.8 Å². The van der Waals surface area contributed by atoms with Crippen LogP contribution in [-0.4, -0.2) is 31.7 Å². The van der Waals surface area contributed by atoms with Gasteiger partial charge >= 0.3 is 0 Å². The van der Waals surface area contributed by atoms with E-state index in [9.17, 15) is 13.2 Å². The van der Waals surface area contributed by atoms with Gasteiger partial charge in [0.1, 0.15) is 5.75 Å². The Labute approximate surface area is 171 Å². The van der Waals surface area contributed by atoms with Gasteiger partial charge in [-0.25, -0.2) is 8.42 Å². The lowest BCUT2D eigenvalue weighted by Crippen LogP contribution is -2.35. The maximum absolute atomic E-state index is 13.1. The minimum Gasteiger partial charge on any atom is -0.455 e. The lowest BCUT2D eigenvalue weighted by molar-refractivity contribution is -0.117. The highest BCUT2D eigenvalue weighted by Gasteiger charge is 2.39. The summed E-state index contributed by atoms with van der Waals surface area (Å²) < 4.78 is 33.6. The Morgan fingerprint density at radius 2 is 1.76 bits per heavy atom. The Hall–Kier alpha value is -2.38. The van der Waals surface area contributed by atoms with Gasteiger partial charge in [-0.15, -0.1) is 0 Å². The lowest BCUT2D eigenvalue weighted by Gasteiger charge is -2.26. The number of carbonyl (C=O) groups is 1. The van der Waals surface area contributed by atoms with E-state index in [1.54, 1.807) is 12.1 Å². The van der Waals surface area contributed by atoms with Crippen molar-refractivity contribution in [2.45, 2.75) is 37.5 Å². The summed E-state index contributed by atoms with van der Waals surface area (Å²) in [6, 6.07) is 13.9. The first-order valence-electron chi connectivity index (χ1n) is 10.1. The molecule has 2 aromatic carbocycles. The molecule has 4 rings (SSSR count). The lowest BCUT2D eigenvalue weighted by atomic mass is 10.2. The molecule has 1 aliphatic heterocycles. The van der Waals surface area contributed by atoms with Crippen molar-refractivity contribution < 1.29 is 17.9 Å². The Morgan fingerprint density at radius 1 is 1.07 bits per heavy atom. The van der Waals surface area contributed by atoms with Crippen molar-refractivity contribution in [1.29, 1.82) is 0 Å². The third-order valence-corrected chi connectivity index (χ3v) is 7.47. The predicted molar refractivity (Wildman–Crippen MR) is 111 cm³/mol. The molecule has 7 heteroatoms. The Bertz CT molecular complexity index is 985. The summed E-state index contributed by atoms with van der Waals surface area (Å²) in [4.78, 5) is 12.7. The van der Waals surface area contributed by atoms with Gasteiger partial charge in [0.2, 0.25) is 15.9 Å². The topological polar surface area (TPSA) is 75.7 Å². The Kier molecular flexibility index (Phi) is 5.61. The minimum atomic E-state index is -3.60. The molecule has 2 unspecified atom stereocenters. The van der Waals surface area contributed by atoms with E-state index in [2.05, 4.69) is 5.32 Å². The van der Waals surface area contributed by atoms with Crippen LogP contribution < -0.4 is 10.1 Å². The van der Waals surface area contributed by atoms with Gasteiger partial charge in [0.15, 0.2) is 5.75 Å². The molecule has 1 saturated carbocycles. The number of sulfonamides is 1. The number of benzene rings is 2. The molecule has 1 heterocycles. The van der Waals surface area contributed by atoms with Crippen molar-refractivity contribution in [3.05, 3.63) is 48.5 Å².